The molecular weight excluding hydrogens is 336 g/mol. The second-order valence-corrected chi connectivity index (χ2v) is 7.27. The highest BCUT2D eigenvalue weighted by molar-refractivity contribution is 5.56. The summed E-state index contributed by atoms with van der Waals surface area (Å²) in [5, 5.41) is 11.9. The van der Waals surface area contributed by atoms with Crippen molar-refractivity contribution in [3.8, 4) is 11.5 Å². The summed E-state index contributed by atoms with van der Waals surface area (Å²) in [7, 11) is 0. The monoisotopic (exact) mass is 362 g/mol. The predicted octanol–water partition coefficient (Wildman–Crippen LogP) is 5.21. The average Bonchev–Trinajstić information content (AvgIpc) is 3.20. The smallest absolute Gasteiger partial charge is 0.247 e. The van der Waals surface area contributed by atoms with Crippen molar-refractivity contribution in [1.29, 1.82) is 0 Å². The van der Waals surface area contributed by atoms with E-state index in [1.807, 2.05) is 31.2 Å². The van der Waals surface area contributed by atoms with Crippen LogP contribution in [0, 0.1) is 6.92 Å². The maximum atomic E-state index is 5.87. The highest BCUT2D eigenvalue weighted by Crippen LogP contribution is 2.26. The molecular formula is C22H26N4O. The molecule has 1 N–H and O–H groups in total. The molecule has 0 saturated carbocycles. The van der Waals surface area contributed by atoms with Gasteiger partial charge in [-0.3, -0.25) is 0 Å². The van der Waals surface area contributed by atoms with Crippen molar-refractivity contribution in [1.82, 2.24) is 10.2 Å². The highest BCUT2D eigenvalue weighted by Gasteiger charge is 2.15. The first kappa shape index (κ1) is 17.6. The van der Waals surface area contributed by atoms with Gasteiger partial charge in [-0.2, -0.15) is 0 Å². The molecule has 1 atom stereocenters. The van der Waals surface area contributed by atoms with Crippen LogP contribution in [0.1, 0.15) is 43.7 Å². The fourth-order valence-electron chi connectivity index (χ4n) is 3.45. The lowest BCUT2D eigenvalue weighted by Gasteiger charge is -2.29. The number of rotatable bonds is 5. The zero-order valence-electron chi connectivity index (χ0n) is 16.0. The minimum atomic E-state index is -0.0578. The van der Waals surface area contributed by atoms with E-state index in [1.54, 1.807) is 0 Å². The normalized spacial score (nSPS) is 15.6. The van der Waals surface area contributed by atoms with Gasteiger partial charge in [-0.1, -0.05) is 17.7 Å². The molecule has 0 bridgehead atoms. The van der Waals surface area contributed by atoms with E-state index in [-0.39, 0.29) is 6.04 Å². The van der Waals surface area contributed by atoms with E-state index in [0.29, 0.717) is 11.8 Å². The van der Waals surface area contributed by atoms with Gasteiger partial charge in [0.05, 0.1) is 0 Å². The summed E-state index contributed by atoms with van der Waals surface area (Å²) < 4.78 is 5.87. The van der Waals surface area contributed by atoms with Crippen LogP contribution in [-0.4, -0.2) is 23.3 Å². The topological polar surface area (TPSA) is 54.2 Å². The molecule has 1 fully saturated rings. The van der Waals surface area contributed by atoms with E-state index in [0.717, 1.165) is 24.3 Å². The van der Waals surface area contributed by atoms with Crippen LogP contribution in [0.25, 0.3) is 11.5 Å². The van der Waals surface area contributed by atoms with Gasteiger partial charge in [-0.05, 0) is 69.5 Å². The van der Waals surface area contributed by atoms with E-state index < -0.39 is 0 Å². The van der Waals surface area contributed by atoms with Gasteiger partial charge in [0.2, 0.25) is 11.8 Å². The van der Waals surface area contributed by atoms with E-state index in [4.69, 9.17) is 4.42 Å². The van der Waals surface area contributed by atoms with Crippen LogP contribution in [0.3, 0.4) is 0 Å². The minimum Gasteiger partial charge on any atom is -0.418 e. The molecule has 0 amide bonds. The maximum absolute atomic E-state index is 5.87. The SMILES string of the molecule is Cc1ccc(-c2nnc(C(C)Nc3ccc(N4CCCCC4)cc3)o2)cc1. The molecule has 2 heterocycles. The van der Waals surface area contributed by atoms with Crippen molar-refractivity contribution in [2.45, 2.75) is 39.2 Å². The van der Waals surface area contributed by atoms with Crippen molar-refractivity contribution in [2.75, 3.05) is 23.3 Å². The molecule has 1 aliphatic rings. The van der Waals surface area contributed by atoms with Crippen molar-refractivity contribution in [3.63, 3.8) is 0 Å². The number of anilines is 2. The molecule has 140 valence electrons. The van der Waals surface area contributed by atoms with Gasteiger partial charge in [0.1, 0.15) is 6.04 Å². The largest absolute Gasteiger partial charge is 0.418 e. The Balaban J connectivity index is 1.41. The van der Waals surface area contributed by atoms with E-state index in [1.165, 1.54) is 30.5 Å². The molecule has 0 aliphatic carbocycles. The standard InChI is InChI=1S/C22H26N4O/c1-16-6-8-18(9-7-16)22-25-24-21(27-22)17(2)23-19-10-12-20(13-11-19)26-14-4-3-5-15-26/h6-13,17,23H,3-5,14-15H2,1-2H3. The van der Waals surface area contributed by atoms with Crippen LogP contribution in [0.2, 0.25) is 0 Å². The maximum Gasteiger partial charge on any atom is 0.247 e. The number of piperidine rings is 1. The number of benzene rings is 2. The molecule has 1 saturated heterocycles. The van der Waals surface area contributed by atoms with Gasteiger partial charge in [0, 0.05) is 30.0 Å². The lowest BCUT2D eigenvalue weighted by Crippen LogP contribution is -2.29. The fourth-order valence-corrected chi connectivity index (χ4v) is 3.45. The molecule has 2 aromatic carbocycles. The number of aryl methyl sites for hydroxylation is 1. The van der Waals surface area contributed by atoms with Gasteiger partial charge in [-0.15, -0.1) is 10.2 Å². The quantitative estimate of drug-likeness (QED) is 0.675. The summed E-state index contributed by atoms with van der Waals surface area (Å²) in [5.74, 6) is 1.14. The summed E-state index contributed by atoms with van der Waals surface area (Å²) in [6, 6.07) is 16.7. The molecule has 4 rings (SSSR count). The van der Waals surface area contributed by atoms with Crippen molar-refractivity contribution >= 4 is 11.4 Å². The molecule has 27 heavy (non-hydrogen) atoms. The molecule has 1 aromatic heterocycles. The van der Waals surface area contributed by atoms with Crippen LogP contribution in [0.5, 0.6) is 0 Å². The Bertz CT molecular complexity index is 864. The third kappa shape index (κ3) is 4.13. The third-order valence-electron chi connectivity index (χ3n) is 5.08. The first-order valence-corrected chi connectivity index (χ1v) is 9.71. The summed E-state index contributed by atoms with van der Waals surface area (Å²) in [6.07, 6.45) is 3.93. The average molecular weight is 362 g/mol. The molecule has 3 aromatic rings. The van der Waals surface area contributed by atoms with Gasteiger partial charge in [-0.25, -0.2) is 0 Å². The Morgan fingerprint density at radius 3 is 2.33 bits per heavy atom. The lowest BCUT2D eigenvalue weighted by atomic mass is 10.1. The van der Waals surface area contributed by atoms with Crippen LogP contribution >= 0.6 is 0 Å². The van der Waals surface area contributed by atoms with Crippen LogP contribution in [0.15, 0.2) is 52.9 Å². The number of aromatic nitrogens is 2. The zero-order valence-corrected chi connectivity index (χ0v) is 16.0. The summed E-state index contributed by atoms with van der Waals surface area (Å²) in [5.41, 5.74) is 4.50. The van der Waals surface area contributed by atoms with Gasteiger partial charge >= 0.3 is 0 Å². The first-order chi connectivity index (χ1) is 13.2. The van der Waals surface area contributed by atoms with Gasteiger partial charge in [0.25, 0.3) is 0 Å². The fraction of sp³-hybridized carbons (Fsp3) is 0.364. The Morgan fingerprint density at radius 1 is 0.926 bits per heavy atom. The van der Waals surface area contributed by atoms with Crippen molar-refractivity contribution < 1.29 is 4.42 Å². The predicted molar refractivity (Wildman–Crippen MR) is 109 cm³/mol. The molecule has 0 spiro atoms. The molecule has 1 aliphatic heterocycles. The number of nitrogens with one attached hydrogen (secondary N) is 1. The summed E-state index contributed by atoms with van der Waals surface area (Å²) in [4.78, 5) is 2.46. The summed E-state index contributed by atoms with van der Waals surface area (Å²) in [6.45, 7) is 6.41. The van der Waals surface area contributed by atoms with Gasteiger partial charge < -0.3 is 14.6 Å². The van der Waals surface area contributed by atoms with Crippen molar-refractivity contribution in [3.05, 3.63) is 60.0 Å². The summed E-state index contributed by atoms with van der Waals surface area (Å²) >= 11 is 0. The number of hydrogen-bond donors (Lipinski definition) is 1. The van der Waals surface area contributed by atoms with E-state index >= 15 is 0 Å². The number of nitrogens with zero attached hydrogens (tertiary/aromatic N) is 3. The molecule has 0 radical (unpaired) electrons. The van der Waals surface area contributed by atoms with Gasteiger partial charge in [0.15, 0.2) is 0 Å². The Kier molecular flexibility index (Phi) is 5.10. The van der Waals surface area contributed by atoms with Crippen LogP contribution in [-0.2, 0) is 0 Å². The Labute approximate surface area is 160 Å². The van der Waals surface area contributed by atoms with Crippen LogP contribution < -0.4 is 10.2 Å². The van der Waals surface area contributed by atoms with E-state index in [9.17, 15) is 0 Å². The van der Waals surface area contributed by atoms with E-state index in [2.05, 4.69) is 51.6 Å². The molecule has 5 nitrogen and oxygen atoms in total. The minimum absolute atomic E-state index is 0.0578. The third-order valence-corrected chi connectivity index (χ3v) is 5.08. The molecule has 1 unspecified atom stereocenters. The second-order valence-electron chi connectivity index (χ2n) is 7.27. The highest BCUT2D eigenvalue weighted by atomic mass is 16.4. The number of hydrogen-bond acceptors (Lipinski definition) is 5. The van der Waals surface area contributed by atoms with Crippen LogP contribution in [0.4, 0.5) is 11.4 Å². The van der Waals surface area contributed by atoms with Crippen molar-refractivity contribution in [2.24, 2.45) is 0 Å². The Morgan fingerprint density at radius 2 is 1.63 bits per heavy atom. The zero-order chi connectivity index (χ0) is 18.6. The lowest BCUT2D eigenvalue weighted by molar-refractivity contribution is 0.485. The Hall–Kier alpha value is -2.82. The second kappa shape index (κ2) is 7.82. The first-order valence-electron chi connectivity index (χ1n) is 9.71. The molecule has 5 heteroatoms.